The minimum absolute atomic E-state index is 0. The second-order valence-electron chi connectivity index (χ2n) is 7.01. The van der Waals surface area contributed by atoms with Gasteiger partial charge in [0.1, 0.15) is 0 Å². The molecule has 0 fully saturated rings. The van der Waals surface area contributed by atoms with Crippen molar-refractivity contribution in [2.45, 2.75) is 49.0 Å². The Bertz CT molecular complexity index is 453. The van der Waals surface area contributed by atoms with E-state index in [1.165, 1.54) is 16.7 Å². The molecule has 0 nitrogen and oxygen atoms in total. The van der Waals surface area contributed by atoms with E-state index in [1.54, 1.807) is 0 Å². The molecule has 0 N–H and O–H groups in total. The molecule has 0 amide bonds. The van der Waals surface area contributed by atoms with E-state index in [2.05, 4.69) is 73.6 Å². The van der Waals surface area contributed by atoms with Crippen LogP contribution in [0.5, 0.6) is 0 Å². The monoisotopic (exact) mass is 442 g/mol. The molecular formula is C19H30W. The van der Waals surface area contributed by atoms with Gasteiger partial charge in [0.25, 0.3) is 0 Å². The largest absolute Gasteiger partial charge is 2.00 e. The van der Waals surface area contributed by atoms with Crippen LogP contribution < -0.4 is 0 Å². The van der Waals surface area contributed by atoms with Crippen molar-refractivity contribution in [1.82, 2.24) is 0 Å². The molecule has 0 saturated carbocycles. The second kappa shape index (κ2) is 7.41. The summed E-state index contributed by atoms with van der Waals surface area (Å²) in [6, 6.07) is 8.33. The second-order valence-corrected chi connectivity index (χ2v) is 7.01. The molecule has 0 aliphatic heterocycles. The van der Waals surface area contributed by atoms with Gasteiger partial charge in [-0.25, -0.2) is 29.2 Å². The Labute approximate surface area is 141 Å². The summed E-state index contributed by atoms with van der Waals surface area (Å²) in [6.07, 6.45) is 0. The first kappa shape index (κ1) is 21.7. The maximum absolute atomic E-state index is 4.35. The molecule has 0 heterocycles. The predicted molar refractivity (Wildman–Crippen MR) is 88.8 cm³/mol. The molecule has 1 rings (SSSR count). The van der Waals surface area contributed by atoms with Crippen LogP contribution in [0.1, 0.15) is 60.1 Å². The zero-order valence-corrected chi connectivity index (χ0v) is 16.1. The summed E-state index contributed by atoms with van der Waals surface area (Å²) < 4.78 is 0. The van der Waals surface area contributed by atoms with Crippen molar-refractivity contribution in [3.63, 3.8) is 0 Å². The van der Waals surface area contributed by atoms with E-state index in [0.717, 1.165) is 5.56 Å². The van der Waals surface area contributed by atoms with E-state index >= 15 is 0 Å². The fourth-order valence-corrected chi connectivity index (χ4v) is 2.16. The zero-order chi connectivity index (χ0) is 14.1. The van der Waals surface area contributed by atoms with Crippen LogP contribution in [0.3, 0.4) is 0 Å². The Morgan fingerprint density at radius 3 is 1.70 bits per heavy atom. The van der Waals surface area contributed by atoms with Gasteiger partial charge < -0.3 is 0 Å². The number of benzene rings is 1. The van der Waals surface area contributed by atoms with Crippen LogP contribution in [-0.4, -0.2) is 0 Å². The molecule has 0 aliphatic rings. The summed E-state index contributed by atoms with van der Waals surface area (Å²) in [5.41, 5.74) is 4.97. The Morgan fingerprint density at radius 1 is 0.900 bits per heavy atom. The molecular weight excluding hydrogens is 412 g/mol. The summed E-state index contributed by atoms with van der Waals surface area (Å²) in [6.45, 7) is 21.9. The van der Waals surface area contributed by atoms with Crippen molar-refractivity contribution in [3.8, 4) is 0 Å². The van der Waals surface area contributed by atoms with Gasteiger partial charge in [0.15, 0.2) is 0 Å². The van der Waals surface area contributed by atoms with Crippen LogP contribution >= 0.6 is 0 Å². The molecule has 0 spiro atoms. The first-order valence-electron chi connectivity index (χ1n) is 6.53. The summed E-state index contributed by atoms with van der Waals surface area (Å²) in [4.78, 5) is 0. The third-order valence-electron chi connectivity index (χ3n) is 3.24. The fourth-order valence-electron chi connectivity index (χ4n) is 2.16. The van der Waals surface area contributed by atoms with Crippen molar-refractivity contribution < 1.29 is 21.1 Å². The first-order chi connectivity index (χ1) is 8.05. The molecule has 0 aliphatic carbocycles. The van der Waals surface area contributed by atoms with E-state index in [-0.39, 0.29) is 39.3 Å². The Morgan fingerprint density at radius 2 is 1.35 bits per heavy atom. The quantitative estimate of drug-likeness (QED) is 0.456. The van der Waals surface area contributed by atoms with Crippen LogP contribution in [0, 0.1) is 24.7 Å². The summed E-state index contributed by atoms with van der Waals surface area (Å²) in [7, 11) is 0. The van der Waals surface area contributed by atoms with Crippen molar-refractivity contribution in [1.29, 1.82) is 0 Å². The number of hydrogen-bond donors (Lipinski definition) is 0. The summed E-state index contributed by atoms with van der Waals surface area (Å²) >= 11 is 0. The van der Waals surface area contributed by atoms with Crippen LogP contribution in [0.25, 0.3) is 5.57 Å². The molecule has 0 radical (unpaired) electrons. The third kappa shape index (κ3) is 5.06. The Hall–Kier alpha value is -0.612. The average molecular weight is 442 g/mol. The first-order valence-corrected chi connectivity index (χ1v) is 6.53. The molecule has 0 bridgehead atoms. The van der Waals surface area contributed by atoms with Gasteiger partial charge in [-0.05, 0) is 5.41 Å². The fraction of sp³-hybridized carbons (Fsp3) is 0.474. The minimum Gasteiger partial charge on any atom is -0.242 e. The van der Waals surface area contributed by atoms with E-state index in [4.69, 9.17) is 0 Å². The predicted octanol–water partition coefficient (Wildman–Crippen LogP) is 6.18. The van der Waals surface area contributed by atoms with Gasteiger partial charge in [-0.15, -0.1) is 12.1 Å². The summed E-state index contributed by atoms with van der Waals surface area (Å²) in [5.74, 6) is 0. The molecule has 1 aromatic carbocycles. The molecule has 1 heteroatoms. The molecule has 20 heavy (non-hydrogen) atoms. The third-order valence-corrected chi connectivity index (χ3v) is 3.24. The van der Waals surface area contributed by atoms with Crippen molar-refractivity contribution in [2.24, 2.45) is 10.8 Å². The standard InChI is InChI=1S/C18H26.CH4.W/c1-13-11-9-10-12-15(13)16(18(6,7)8)14(2)17(3,4)5;;/h9-12H,1-2H2,3-8H3;1H4;/q-2;;+2. The van der Waals surface area contributed by atoms with E-state index in [1.807, 2.05) is 6.07 Å². The van der Waals surface area contributed by atoms with E-state index < -0.39 is 0 Å². The van der Waals surface area contributed by atoms with Crippen LogP contribution in [0.2, 0.25) is 0 Å². The minimum atomic E-state index is 0. The van der Waals surface area contributed by atoms with Crippen molar-refractivity contribution >= 4 is 5.57 Å². The van der Waals surface area contributed by atoms with E-state index in [0.29, 0.717) is 0 Å². The Balaban J connectivity index is 0. The van der Waals surface area contributed by atoms with Gasteiger partial charge in [0, 0.05) is 0 Å². The van der Waals surface area contributed by atoms with Crippen LogP contribution in [0.4, 0.5) is 0 Å². The van der Waals surface area contributed by atoms with Crippen LogP contribution in [0.15, 0.2) is 29.8 Å². The van der Waals surface area contributed by atoms with Gasteiger partial charge >= 0.3 is 21.1 Å². The smallest absolute Gasteiger partial charge is 0.242 e. The number of allylic oxidation sites excluding steroid dienone is 2. The molecule has 112 valence electrons. The van der Waals surface area contributed by atoms with Crippen LogP contribution in [-0.2, 0) is 21.1 Å². The van der Waals surface area contributed by atoms with Gasteiger partial charge in [-0.3, -0.25) is 0 Å². The average Bonchev–Trinajstić information content (AvgIpc) is 2.17. The maximum Gasteiger partial charge on any atom is 2.00 e. The SMILES string of the molecule is C.[CH2-]C(=C(c1ccccc1[CH2-])C(C)(C)C)C(C)(C)C.[W+2]. The normalized spacial score (nSPS) is 12.9. The molecule has 0 aromatic heterocycles. The summed E-state index contributed by atoms with van der Waals surface area (Å²) in [5, 5.41) is 0. The van der Waals surface area contributed by atoms with Gasteiger partial charge in [-0.2, -0.15) is 13.0 Å². The molecule has 0 unspecified atom stereocenters. The van der Waals surface area contributed by atoms with Gasteiger partial charge in [-0.1, -0.05) is 60.5 Å². The van der Waals surface area contributed by atoms with Crippen molar-refractivity contribution in [2.75, 3.05) is 0 Å². The van der Waals surface area contributed by atoms with E-state index in [9.17, 15) is 0 Å². The number of rotatable bonds is 1. The van der Waals surface area contributed by atoms with Gasteiger partial charge in [0.2, 0.25) is 0 Å². The molecule has 0 atom stereocenters. The number of hydrogen-bond acceptors (Lipinski definition) is 0. The maximum atomic E-state index is 4.35. The Kier molecular flexibility index (Phi) is 8.04. The van der Waals surface area contributed by atoms with Gasteiger partial charge in [0.05, 0.1) is 0 Å². The van der Waals surface area contributed by atoms with Crippen molar-refractivity contribution in [3.05, 3.63) is 54.8 Å². The molecule has 0 saturated heterocycles. The topological polar surface area (TPSA) is 0 Å². The molecule has 1 aromatic rings. The zero-order valence-electron chi connectivity index (χ0n) is 13.1.